The summed E-state index contributed by atoms with van der Waals surface area (Å²) >= 11 is 1.43. The normalized spacial score (nSPS) is 12.0. The van der Waals surface area contributed by atoms with E-state index in [1.54, 1.807) is 60.9 Å². The molecule has 7 nitrogen and oxygen atoms in total. The van der Waals surface area contributed by atoms with Crippen molar-refractivity contribution < 1.29 is 14.4 Å². The molecule has 0 fully saturated rings. The van der Waals surface area contributed by atoms with Crippen LogP contribution in [-0.4, -0.2) is 28.0 Å². The highest BCUT2D eigenvalue weighted by atomic mass is 32.2. The summed E-state index contributed by atoms with van der Waals surface area (Å²) in [6, 6.07) is 27.4. The Balaban J connectivity index is 1.46. The summed E-state index contributed by atoms with van der Waals surface area (Å²) < 4.78 is 0. The molecule has 0 aliphatic rings. The zero-order valence-corrected chi connectivity index (χ0v) is 24.7. The molecule has 1 aromatic heterocycles. The Labute approximate surface area is 250 Å². The van der Waals surface area contributed by atoms with Crippen molar-refractivity contribution in [1.29, 1.82) is 0 Å². The summed E-state index contributed by atoms with van der Waals surface area (Å²) in [6.07, 6.45) is 5.44. The van der Waals surface area contributed by atoms with Crippen LogP contribution in [0.2, 0.25) is 0 Å². The molecule has 3 amide bonds. The lowest BCUT2D eigenvalue weighted by Crippen LogP contribution is -2.30. The summed E-state index contributed by atoms with van der Waals surface area (Å²) in [4.78, 5) is 44.2. The number of nitrogens with one attached hydrogen (secondary N) is 3. The molecule has 1 heterocycles. The fourth-order valence-electron chi connectivity index (χ4n) is 4.08. The first kappa shape index (κ1) is 30.3. The molecule has 42 heavy (non-hydrogen) atoms. The number of carbonyl (C=O) groups excluding carboxylic acids is 3. The van der Waals surface area contributed by atoms with Crippen molar-refractivity contribution in [3.05, 3.63) is 126 Å². The summed E-state index contributed by atoms with van der Waals surface area (Å²) in [5, 5.41) is 8.29. The standard InChI is InChI=1S/C34H34N4O3S/c1-4-31(34(41)36-27-17-15-25(16-18-27)23(2)3)42-29-14-8-13-28(21-29)37-33(40)30(20-24-10-9-19-35-22-24)38-32(39)26-11-6-5-7-12-26/h5-23,31H,4H2,1-3H3,(H,36,41)(H,37,40)(H,38,39)/b30-20-. The Kier molecular flexibility index (Phi) is 10.7. The topological polar surface area (TPSA) is 100 Å². The maximum absolute atomic E-state index is 13.4. The third-order valence-electron chi connectivity index (χ3n) is 6.40. The van der Waals surface area contributed by atoms with Gasteiger partial charge in [-0.05, 0) is 78.1 Å². The Bertz CT molecular complexity index is 1540. The predicted octanol–water partition coefficient (Wildman–Crippen LogP) is 7.12. The van der Waals surface area contributed by atoms with Crippen molar-refractivity contribution in [2.24, 2.45) is 0 Å². The highest BCUT2D eigenvalue weighted by Crippen LogP contribution is 2.29. The maximum Gasteiger partial charge on any atom is 0.272 e. The third kappa shape index (κ3) is 8.65. The van der Waals surface area contributed by atoms with Crippen LogP contribution in [0.25, 0.3) is 6.08 Å². The SMILES string of the molecule is CCC(Sc1cccc(NC(=O)/C(=C/c2cccnc2)NC(=O)c2ccccc2)c1)C(=O)Nc1ccc(C(C)C)cc1. The van der Waals surface area contributed by atoms with Crippen LogP contribution >= 0.6 is 11.8 Å². The van der Waals surface area contributed by atoms with E-state index >= 15 is 0 Å². The van der Waals surface area contributed by atoms with Gasteiger partial charge in [0.2, 0.25) is 5.91 Å². The first-order valence-corrected chi connectivity index (χ1v) is 14.7. The van der Waals surface area contributed by atoms with Crippen LogP contribution in [0, 0.1) is 0 Å². The number of hydrogen-bond donors (Lipinski definition) is 3. The second-order valence-corrected chi connectivity index (χ2v) is 11.2. The Hall–Kier alpha value is -4.69. The molecule has 0 aliphatic carbocycles. The van der Waals surface area contributed by atoms with E-state index in [4.69, 9.17) is 0 Å². The fourth-order valence-corrected chi connectivity index (χ4v) is 5.09. The first-order chi connectivity index (χ1) is 20.3. The molecule has 3 N–H and O–H groups in total. The van der Waals surface area contributed by atoms with Gasteiger partial charge in [0.1, 0.15) is 5.70 Å². The van der Waals surface area contributed by atoms with Gasteiger partial charge in [-0.3, -0.25) is 19.4 Å². The fraction of sp³-hybridized carbons (Fsp3) is 0.176. The van der Waals surface area contributed by atoms with Gasteiger partial charge in [0.25, 0.3) is 11.8 Å². The predicted molar refractivity (Wildman–Crippen MR) is 170 cm³/mol. The monoisotopic (exact) mass is 578 g/mol. The Morgan fingerprint density at radius 3 is 2.29 bits per heavy atom. The molecule has 1 atom stereocenters. The van der Waals surface area contributed by atoms with Gasteiger partial charge >= 0.3 is 0 Å². The van der Waals surface area contributed by atoms with Crippen LogP contribution in [0.1, 0.15) is 54.6 Å². The van der Waals surface area contributed by atoms with E-state index in [-0.39, 0.29) is 16.9 Å². The Morgan fingerprint density at radius 2 is 1.62 bits per heavy atom. The van der Waals surface area contributed by atoms with Crippen LogP contribution in [0.5, 0.6) is 0 Å². The lowest BCUT2D eigenvalue weighted by atomic mass is 10.0. The van der Waals surface area contributed by atoms with E-state index in [1.165, 1.54) is 17.3 Å². The van der Waals surface area contributed by atoms with Crippen molar-refractivity contribution in [1.82, 2.24) is 10.3 Å². The quantitative estimate of drug-likeness (QED) is 0.130. The van der Waals surface area contributed by atoms with E-state index in [0.29, 0.717) is 29.2 Å². The summed E-state index contributed by atoms with van der Waals surface area (Å²) in [5.41, 5.74) is 3.68. The van der Waals surface area contributed by atoms with Crippen molar-refractivity contribution in [3.63, 3.8) is 0 Å². The second-order valence-electron chi connectivity index (χ2n) is 9.93. The van der Waals surface area contributed by atoms with E-state index in [2.05, 4.69) is 34.8 Å². The molecule has 8 heteroatoms. The molecule has 0 saturated heterocycles. The average molecular weight is 579 g/mol. The van der Waals surface area contributed by atoms with Gasteiger partial charge in [0, 0.05) is 34.2 Å². The summed E-state index contributed by atoms with van der Waals surface area (Å²) in [5.74, 6) is -0.552. The molecule has 4 rings (SSSR count). The van der Waals surface area contributed by atoms with Crippen LogP contribution < -0.4 is 16.0 Å². The van der Waals surface area contributed by atoms with Gasteiger partial charge in [0.15, 0.2) is 0 Å². The number of pyridine rings is 1. The molecule has 0 saturated carbocycles. The van der Waals surface area contributed by atoms with Crippen LogP contribution in [-0.2, 0) is 9.59 Å². The number of carbonyl (C=O) groups is 3. The van der Waals surface area contributed by atoms with Crippen molar-refractivity contribution in [3.8, 4) is 0 Å². The van der Waals surface area contributed by atoms with Gasteiger partial charge in [-0.2, -0.15) is 0 Å². The average Bonchev–Trinajstić information content (AvgIpc) is 3.00. The minimum absolute atomic E-state index is 0.0733. The molecular formula is C34H34N4O3S. The molecular weight excluding hydrogens is 544 g/mol. The van der Waals surface area contributed by atoms with E-state index < -0.39 is 11.8 Å². The van der Waals surface area contributed by atoms with Gasteiger partial charge < -0.3 is 16.0 Å². The van der Waals surface area contributed by atoms with E-state index in [9.17, 15) is 14.4 Å². The van der Waals surface area contributed by atoms with Crippen molar-refractivity contribution in [2.75, 3.05) is 10.6 Å². The third-order valence-corrected chi connectivity index (χ3v) is 7.76. The molecule has 0 bridgehead atoms. The molecule has 0 radical (unpaired) electrons. The second kappa shape index (κ2) is 14.8. The summed E-state index contributed by atoms with van der Waals surface area (Å²) in [7, 11) is 0. The highest BCUT2D eigenvalue weighted by molar-refractivity contribution is 8.00. The number of hydrogen-bond acceptors (Lipinski definition) is 5. The van der Waals surface area contributed by atoms with Crippen molar-refractivity contribution in [2.45, 2.75) is 43.3 Å². The number of amides is 3. The largest absolute Gasteiger partial charge is 0.325 e. The number of anilines is 2. The zero-order chi connectivity index (χ0) is 29.9. The number of rotatable bonds is 11. The minimum Gasteiger partial charge on any atom is -0.325 e. The van der Waals surface area contributed by atoms with Gasteiger partial charge in [-0.15, -0.1) is 11.8 Å². The van der Waals surface area contributed by atoms with Gasteiger partial charge in [0.05, 0.1) is 5.25 Å². The zero-order valence-electron chi connectivity index (χ0n) is 23.8. The van der Waals surface area contributed by atoms with E-state index in [1.807, 2.05) is 55.5 Å². The molecule has 0 aliphatic heterocycles. The Morgan fingerprint density at radius 1 is 0.857 bits per heavy atom. The molecule has 4 aromatic rings. The van der Waals surface area contributed by atoms with Crippen LogP contribution in [0.3, 0.4) is 0 Å². The van der Waals surface area contributed by atoms with Gasteiger partial charge in [-0.1, -0.05) is 63.2 Å². The van der Waals surface area contributed by atoms with Gasteiger partial charge in [-0.25, -0.2) is 0 Å². The molecule has 1 unspecified atom stereocenters. The number of aromatic nitrogens is 1. The smallest absolute Gasteiger partial charge is 0.272 e. The minimum atomic E-state index is -0.486. The molecule has 214 valence electrons. The summed E-state index contributed by atoms with van der Waals surface area (Å²) in [6.45, 7) is 6.23. The number of thioether (sulfide) groups is 1. The molecule has 3 aromatic carbocycles. The molecule has 0 spiro atoms. The van der Waals surface area contributed by atoms with Crippen LogP contribution in [0.15, 0.2) is 114 Å². The first-order valence-electron chi connectivity index (χ1n) is 13.8. The number of nitrogens with zero attached hydrogens (tertiary/aromatic N) is 1. The number of benzene rings is 3. The van der Waals surface area contributed by atoms with Crippen LogP contribution in [0.4, 0.5) is 11.4 Å². The van der Waals surface area contributed by atoms with E-state index in [0.717, 1.165) is 10.6 Å². The lowest BCUT2D eigenvalue weighted by molar-refractivity contribution is -0.116. The lowest BCUT2D eigenvalue weighted by Gasteiger charge is -2.16. The van der Waals surface area contributed by atoms with Crippen molar-refractivity contribution >= 4 is 46.9 Å². The highest BCUT2D eigenvalue weighted by Gasteiger charge is 2.19. The maximum atomic E-state index is 13.4.